The van der Waals surface area contributed by atoms with Crippen LogP contribution in [0.1, 0.15) is 49.7 Å². The van der Waals surface area contributed by atoms with Gasteiger partial charge in [-0.05, 0) is 88.7 Å². The lowest BCUT2D eigenvalue weighted by molar-refractivity contribution is -0.109. The van der Waals surface area contributed by atoms with E-state index < -0.39 is 0 Å². The number of aryl methyl sites for hydroxylation is 1. The number of fused-ring (bicyclic) bond motifs is 1. The summed E-state index contributed by atoms with van der Waals surface area (Å²) in [6.07, 6.45) is 6.53. The number of rotatable bonds is 10. The second-order valence-electron chi connectivity index (χ2n) is 11.1. The summed E-state index contributed by atoms with van der Waals surface area (Å²) in [5, 5.41) is 9.66. The van der Waals surface area contributed by atoms with Gasteiger partial charge in [0.05, 0.1) is 0 Å². The minimum Gasteiger partial charge on any atom is -0.375 e. The van der Waals surface area contributed by atoms with Crippen molar-refractivity contribution < 1.29 is 9.59 Å². The summed E-state index contributed by atoms with van der Waals surface area (Å²) in [6, 6.07) is 8.59. The smallest absolute Gasteiger partial charge is 0.252 e. The maximum atomic E-state index is 13.7. The molecule has 0 spiro atoms. The third-order valence-electron chi connectivity index (χ3n) is 7.86. The fourth-order valence-corrected chi connectivity index (χ4v) is 5.18. The molecule has 3 heterocycles. The van der Waals surface area contributed by atoms with Crippen molar-refractivity contribution in [2.45, 2.75) is 40.7 Å². The van der Waals surface area contributed by atoms with Crippen LogP contribution in [-0.2, 0) is 4.79 Å². The molecule has 3 aromatic rings. The van der Waals surface area contributed by atoms with Crippen LogP contribution in [0.4, 0.5) is 5.82 Å². The Morgan fingerprint density at radius 2 is 1.83 bits per heavy atom. The van der Waals surface area contributed by atoms with Crippen molar-refractivity contribution in [2.24, 2.45) is 0 Å². The maximum Gasteiger partial charge on any atom is 0.252 e. The minimum atomic E-state index is -0.126. The average molecular weight is 558 g/mol. The van der Waals surface area contributed by atoms with E-state index in [4.69, 9.17) is 4.98 Å². The van der Waals surface area contributed by atoms with Gasteiger partial charge in [-0.1, -0.05) is 5.57 Å². The number of nitrogens with one attached hydrogen (secondary N) is 3. The first-order valence-corrected chi connectivity index (χ1v) is 14.2. The number of carbonyl (C=O) groups is 2. The molecular weight excluding hydrogens is 514 g/mol. The summed E-state index contributed by atoms with van der Waals surface area (Å²) in [5.74, 6) is 1.45. The van der Waals surface area contributed by atoms with E-state index in [1.165, 1.54) is 0 Å². The summed E-state index contributed by atoms with van der Waals surface area (Å²) >= 11 is 0. The molecule has 1 aliphatic heterocycles. The van der Waals surface area contributed by atoms with E-state index in [0.29, 0.717) is 24.3 Å². The molecule has 9 heteroatoms. The zero-order chi connectivity index (χ0) is 29.7. The van der Waals surface area contributed by atoms with Gasteiger partial charge in [0.1, 0.15) is 11.6 Å². The van der Waals surface area contributed by atoms with E-state index in [1.807, 2.05) is 32.2 Å². The number of pyridine rings is 1. The van der Waals surface area contributed by atoms with E-state index in [0.717, 1.165) is 70.7 Å². The molecule has 0 saturated carbocycles. The quantitative estimate of drug-likeness (QED) is 0.255. The monoisotopic (exact) mass is 557 g/mol. The van der Waals surface area contributed by atoms with Crippen LogP contribution in [-0.4, -0.2) is 73.6 Å². The number of hydrogen-bond donors (Lipinski definition) is 3. The van der Waals surface area contributed by atoms with Gasteiger partial charge in [-0.2, -0.15) is 0 Å². The fraction of sp³-hybridized carbons (Fsp3) is 0.406. The number of nitrogens with zero attached hydrogens (tertiary/aromatic N) is 4. The number of aromatic nitrogens is 2. The molecule has 0 bridgehead atoms. The molecule has 0 unspecified atom stereocenters. The molecule has 1 fully saturated rings. The van der Waals surface area contributed by atoms with Crippen molar-refractivity contribution in [3.8, 4) is 11.1 Å². The Kier molecular flexibility index (Phi) is 9.50. The Balaban J connectivity index is 1.67. The van der Waals surface area contributed by atoms with E-state index in [9.17, 15) is 9.59 Å². The number of anilines is 1. The van der Waals surface area contributed by atoms with Crippen LogP contribution in [0, 0.1) is 6.92 Å². The van der Waals surface area contributed by atoms with Crippen LogP contribution in [0.5, 0.6) is 0 Å². The van der Waals surface area contributed by atoms with Gasteiger partial charge < -0.3 is 30.3 Å². The molecule has 1 aromatic carbocycles. The third kappa shape index (κ3) is 6.79. The Labute approximate surface area is 243 Å². The van der Waals surface area contributed by atoms with Gasteiger partial charge in [0.2, 0.25) is 6.41 Å². The van der Waals surface area contributed by atoms with E-state index in [-0.39, 0.29) is 11.9 Å². The summed E-state index contributed by atoms with van der Waals surface area (Å²) < 4.78 is 2.23. The first-order chi connectivity index (χ1) is 19.6. The number of hydrogen-bond acceptors (Lipinski definition) is 6. The normalized spacial score (nSPS) is 15.2. The van der Waals surface area contributed by atoms with Gasteiger partial charge in [0.15, 0.2) is 0 Å². The van der Waals surface area contributed by atoms with Gasteiger partial charge in [0.25, 0.3) is 5.91 Å². The highest BCUT2D eigenvalue weighted by molar-refractivity contribution is 6.09. The van der Waals surface area contributed by atoms with Crippen molar-refractivity contribution in [3.63, 3.8) is 0 Å². The number of likely N-dealkylation sites (N-methyl/N-ethyl adjacent to an activating group) is 1. The molecule has 2 aromatic heterocycles. The van der Waals surface area contributed by atoms with Crippen molar-refractivity contribution in [1.29, 1.82) is 0 Å². The predicted molar refractivity (Wildman–Crippen MR) is 167 cm³/mol. The Bertz CT molecular complexity index is 1460. The molecule has 9 nitrogen and oxygen atoms in total. The highest BCUT2D eigenvalue weighted by Gasteiger charge is 2.20. The van der Waals surface area contributed by atoms with Crippen LogP contribution in [0.3, 0.4) is 0 Å². The first kappa shape index (κ1) is 29.9. The maximum absolute atomic E-state index is 13.7. The molecule has 1 saturated heterocycles. The zero-order valence-electron chi connectivity index (χ0n) is 25.3. The van der Waals surface area contributed by atoms with E-state index >= 15 is 0 Å². The standard InChI is InChI=1S/C32H43N7O2/c1-21(2)39-19-24(5)31-27(32(41)35-17-23(4)22(3)14-29(33-6)36-20-40)15-26(16-28(31)39)25-8-9-30(34-18-25)38-12-10-37(7)11-13-38/h8-9,14-16,18-21,33H,10-13,17H2,1-7H3,(H,35,41)(H,36,40)/b23-22+,29-14-. The van der Waals surface area contributed by atoms with Crippen LogP contribution in [0.25, 0.3) is 22.0 Å². The SMILES string of the molecule is CN/C(=C/C(C)=C(\C)CNC(=O)c1cc(-c2ccc(N3CCN(C)CC3)nc2)cc2c1c(C)cn2C(C)C)NC=O. The molecule has 1 aliphatic rings. The lowest BCUT2D eigenvalue weighted by Crippen LogP contribution is -2.44. The summed E-state index contributed by atoms with van der Waals surface area (Å²) in [7, 11) is 3.89. The number of carbonyl (C=O) groups excluding carboxylic acids is 2. The Hall–Kier alpha value is -4.11. The predicted octanol–water partition coefficient (Wildman–Crippen LogP) is 4.22. The molecule has 2 amide bonds. The van der Waals surface area contributed by atoms with Crippen LogP contribution in [0.15, 0.2) is 59.7 Å². The number of benzene rings is 1. The average Bonchev–Trinajstić information content (AvgIpc) is 3.32. The molecule has 4 rings (SSSR count). The minimum absolute atomic E-state index is 0.126. The Morgan fingerprint density at radius 3 is 2.44 bits per heavy atom. The van der Waals surface area contributed by atoms with Crippen molar-refractivity contribution >= 4 is 29.0 Å². The summed E-state index contributed by atoms with van der Waals surface area (Å²) in [6.45, 7) is 14.7. The van der Waals surface area contributed by atoms with Gasteiger partial charge in [-0.25, -0.2) is 4.98 Å². The van der Waals surface area contributed by atoms with Crippen molar-refractivity contribution in [2.75, 3.05) is 51.7 Å². The summed E-state index contributed by atoms with van der Waals surface area (Å²) in [4.78, 5) is 34.0. The number of amides is 2. The van der Waals surface area contributed by atoms with Crippen LogP contribution < -0.4 is 20.9 Å². The number of allylic oxidation sites excluding steroid dienone is 2. The van der Waals surface area contributed by atoms with E-state index in [1.54, 1.807) is 7.05 Å². The summed E-state index contributed by atoms with van der Waals surface area (Å²) in [5.41, 5.74) is 6.64. The van der Waals surface area contributed by atoms with Gasteiger partial charge >= 0.3 is 0 Å². The third-order valence-corrected chi connectivity index (χ3v) is 7.86. The Morgan fingerprint density at radius 1 is 1.10 bits per heavy atom. The topological polar surface area (TPSA) is 94.5 Å². The largest absolute Gasteiger partial charge is 0.375 e. The lowest BCUT2D eigenvalue weighted by Gasteiger charge is -2.33. The van der Waals surface area contributed by atoms with Crippen LogP contribution >= 0.6 is 0 Å². The molecule has 218 valence electrons. The van der Waals surface area contributed by atoms with E-state index in [2.05, 4.69) is 82.5 Å². The highest BCUT2D eigenvalue weighted by atomic mass is 16.1. The molecule has 3 N–H and O–H groups in total. The highest BCUT2D eigenvalue weighted by Crippen LogP contribution is 2.33. The first-order valence-electron chi connectivity index (χ1n) is 14.2. The van der Waals surface area contributed by atoms with Crippen molar-refractivity contribution in [3.05, 3.63) is 70.8 Å². The zero-order valence-corrected chi connectivity index (χ0v) is 25.3. The second-order valence-corrected chi connectivity index (χ2v) is 11.1. The molecule has 0 radical (unpaired) electrons. The molecule has 41 heavy (non-hydrogen) atoms. The fourth-order valence-electron chi connectivity index (χ4n) is 5.18. The molecular formula is C32H43N7O2. The van der Waals surface area contributed by atoms with Crippen LogP contribution in [0.2, 0.25) is 0 Å². The van der Waals surface area contributed by atoms with Crippen molar-refractivity contribution in [1.82, 2.24) is 30.4 Å². The van der Waals surface area contributed by atoms with Gasteiger partial charge in [-0.3, -0.25) is 9.59 Å². The van der Waals surface area contributed by atoms with Gasteiger partial charge in [-0.15, -0.1) is 0 Å². The molecule has 0 aliphatic carbocycles. The second kappa shape index (κ2) is 13.0. The lowest BCUT2D eigenvalue weighted by atomic mass is 9.98. The number of piperazine rings is 1. The molecule has 0 atom stereocenters. The van der Waals surface area contributed by atoms with Gasteiger partial charge in [0, 0.05) is 80.2 Å².